The van der Waals surface area contributed by atoms with Gasteiger partial charge in [0.2, 0.25) is 5.95 Å². The molecule has 18 heavy (non-hydrogen) atoms. The molecule has 0 bridgehead atoms. The number of aromatic nitrogens is 5. The number of rotatable bonds is 3. The average Bonchev–Trinajstić information content (AvgIpc) is 2.87. The van der Waals surface area contributed by atoms with Crippen LogP contribution in [-0.4, -0.2) is 31.7 Å². The Balaban J connectivity index is 2.23. The van der Waals surface area contributed by atoms with Crippen molar-refractivity contribution >= 4 is 17.0 Å². The van der Waals surface area contributed by atoms with Crippen molar-refractivity contribution in [2.75, 3.05) is 11.9 Å². The van der Waals surface area contributed by atoms with Crippen LogP contribution >= 0.6 is 0 Å². The van der Waals surface area contributed by atoms with Gasteiger partial charge in [-0.3, -0.25) is 10.1 Å². The van der Waals surface area contributed by atoms with Crippen LogP contribution < -0.4 is 5.32 Å². The fourth-order valence-corrected chi connectivity index (χ4v) is 1.79. The lowest BCUT2D eigenvalue weighted by Gasteiger charge is -2.05. The summed E-state index contributed by atoms with van der Waals surface area (Å²) in [6, 6.07) is 3.85. The summed E-state index contributed by atoms with van der Waals surface area (Å²) < 4.78 is 0. The molecule has 6 nitrogen and oxygen atoms in total. The molecule has 0 radical (unpaired) electrons. The fraction of sp³-hybridized carbons (Fsp3) is 0.167. The normalized spacial score (nSPS) is 10.7. The number of H-pyrrole nitrogens is 1. The van der Waals surface area contributed by atoms with Crippen LogP contribution in [0.3, 0.4) is 0 Å². The Labute approximate surface area is 104 Å². The summed E-state index contributed by atoms with van der Waals surface area (Å²) in [4.78, 5) is 13.0. The van der Waals surface area contributed by atoms with Crippen molar-refractivity contribution in [3.8, 4) is 11.3 Å². The van der Waals surface area contributed by atoms with Gasteiger partial charge in [0.05, 0.1) is 17.3 Å². The van der Waals surface area contributed by atoms with Crippen LogP contribution in [0.4, 0.5) is 5.95 Å². The number of anilines is 1. The molecule has 3 aromatic rings. The van der Waals surface area contributed by atoms with E-state index >= 15 is 0 Å². The van der Waals surface area contributed by atoms with E-state index in [0.29, 0.717) is 5.95 Å². The molecule has 2 N–H and O–H groups in total. The number of nitrogens with one attached hydrogen (secondary N) is 2. The molecule has 0 saturated carbocycles. The molecule has 0 saturated heterocycles. The molecule has 0 amide bonds. The molecule has 0 atom stereocenters. The second-order valence-electron chi connectivity index (χ2n) is 3.80. The number of nitrogens with zero attached hydrogens (tertiary/aromatic N) is 4. The van der Waals surface area contributed by atoms with Gasteiger partial charge in [0.15, 0.2) is 5.65 Å². The van der Waals surface area contributed by atoms with E-state index in [0.717, 1.165) is 28.8 Å². The number of aromatic amines is 1. The van der Waals surface area contributed by atoms with Crippen LogP contribution in [0.5, 0.6) is 0 Å². The zero-order valence-corrected chi connectivity index (χ0v) is 9.88. The highest BCUT2D eigenvalue weighted by Crippen LogP contribution is 2.25. The van der Waals surface area contributed by atoms with E-state index in [1.54, 1.807) is 18.6 Å². The van der Waals surface area contributed by atoms with Crippen LogP contribution in [-0.2, 0) is 0 Å². The maximum Gasteiger partial charge on any atom is 0.225 e. The molecule has 0 aliphatic rings. The number of pyridine rings is 1. The lowest BCUT2D eigenvalue weighted by Crippen LogP contribution is -2.03. The van der Waals surface area contributed by atoms with Gasteiger partial charge in [0.25, 0.3) is 0 Å². The minimum absolute atomic E-state index is 0.591. The highest BCUT2D eigenvalue weighted by molar-refractivity contribution is 5.90. The lowest BCUT2D eigenvalue weighted by molar-refractivity contribution is 1.07. The van der Waals surface area contributed by atoms with E-state index in [1.807, 2.05) is 19.1 Å². The van der Waals surface area contributed by atoms with E-state index in [4.69, 9.17) is 0 Å². The van der Waals surface area contributed by atoms with Gasteiger partial charge in [-0.15, -0.1) is 0 Å². The zero-order chi connectivity index (χ0) is 12.4. The van der Waals surface area contributed by atoms with Crippen molar-refractivity contribution in [2.45, 2.75) is 6.92 Å². The predicted molar refractivity (Wildman–Crippen MR) is 69.1 cm³/mol. The van der Waals surface area contributed by atoms with Crippen molar-refractivity contribution in [1.29, 1.82) is 0 Å². The highest BCUT2D eigenvalue weighted by Gasteiger charge is 2.10. The van der Waals surface area contributed by atoms with Gasteiger partial charge in [0, 0.05) is 24.5 Å². The van der Waals surface area contributed by atoms with Gasteiger partial charge in [-0.1, -0.05) is 0 Å². The molecule has 0 aliphatic heterocycles. The minimum atomic E-state index is 0.591. The van der Waals surface area contributed by atoms with Crippen LogP contribution in [0.2, 0.25) is 0 Å². The highest BCUT2D eigenvalue weighted by atomic mass is 15.2. The Morgan fingerprint density at radius 3 is 3.00 bits per heavy atom. The number of hydrogen-bond acceptors (Lipinski definition) is 5. The molecule has 3 rings (SSSR count). The van der Waals surface area contributed by atoms with Crippen molar-refractivity contribution in [3.63, 3.8) is 0 Å². The summed E-state index contributed by atoms with van der Waals surface area (Å²) in [6.45, 7) is 2.77. The third kappa shape index (κ3) is 1.77. The molecule has 3 aromatic heterocycles. The average molecular weight is 240 g/mol. The van der Waals surface area contributed by atoms with Crippen molar-refractivity contribution in [1.82, 2.24) is 25.1 Å². The minimum Gasteiger partial charge on any atom is -0.354 e. The van der Waals surface area contributed by atoms with Gasteiger partial charge >= 0.3 is 0 Å². The van der Waals surface area contributed by atoms with Crippen molar-refractivity contribution in [3.05, 3.63) is 30.7 Å². The molecule has 0 spiro atoms. The van der Waals surface area contributed by atoms with Gasteiger partial charge < -0.3 is 5.32 Å². The second kappa shape index (κ2) is 4.40. The van der Waals surface area contributed by atoms with E-state index in [2.05, 4.69) is 30.5 Å². The fourth-order valence-electron chi connectivity index (χ4n) is 1.79. The van der Waals surface area contributed by atoms with Crippen LogP contribution in [0.1, 0.15) is 6.92 Å². The molecule has 0 unspecified atom stereocenters. The van der Waals surface area contributed by atoms with Crippen LogP contribution in [0, 0.1) is 0 Å². The number of fused-ring (bicyclic) bond motifs is 1. The zero-order valence-electron chi connectivity index (χ0n) is 9.88. The Morgan fingerprint density at radius 1 is 1.28 bits per heavy atom. The summed E-state index contributed by atoms with van der Waals surface area (Å²) in [5, 5.41) is 10.9. The summed E-state index contributed by atoms with van der Waals surface area (Å²) in [5.74, 6) is 0.591. The number of hydrogen-bond donors (Lipinski definition) is 2. The lowest BCUT2D eigenvalue weighted by atomic mass is 10.1. The standard InChI is InChI=1S/C12H12N6/c1-2-14-12-16-10(8-4-3-5-13-6-8)9-7-15-18-11(9)17-12/h3-7H,2H2,1H3,(H2,14,15,16,17,18). The Morgan fingerprint density at radius 2 is 2.22 bits per heavy atom. The summed E-state index contributed by atoms with van der Waals surface area (Å²) in [6.07, 6.45) is 5.25. The SMILES string of the molecule is CCNc1nc(-c2cccnc2)c2cn[nH]c2n1. The Hall–Kier alpha value is -2.50. The molecule has 90 valence electrons. The Kier molecular flexibility index (Phi) is 2.60. The van der Waals surface area contributed by atoms with Crippen molar-refractivity contribution in [2.24, 2.45) is 0 Å². The molecular weight excluding hydrogens is 228 g/mol. The quantitative estimate of drug-likeness (QED) is 0.730. The molecular formula is C12H12N6. The topological polar surface area (TPSA) is 79.4 Å². The first-order valence-corrected chi connectivity index (χ1v) is 5.74. The third-order valence-corrected chi connectivity index (χ3v) is 2.58. The van der Waals surface area contributed by atoms with Crippen molar-refractivity contribution < 1.29 is 0 Å². The Bertz CT molecular complexity index is 661. The molecule has 0 aliphatic carbocycles. The summed E-state index contributed by atoms with van der Waals surface area (Å²) >= 11 is 0. The monoisotopic (exact) mass is 240 g/mol. The van der Waals surface area contributed by atoms with Crippen LogP contribution in [0.15, 0.2) is 30.7 Å². The maximum absolute atomic E-state index is 4.51. The third-order valence-electron chi connectivity index (χ3n) is 2.58. The molecule has 0 fully saturated rings. The summed E-state index contributed by atoms with van der Waals surface area (Å²) in [7, 11) is 0. The summed E-state index contributed by atoms with van der Waals surface area (Å²) in [5.41, 5.74) is 2.50. The maximum atomic E-state index is 4.51. The van der Waals surface area contributed by atoms with E-state index in [-0.39, 0.29) is 0 Å². The van der Waals surface area contributed by atoms with Gasteiger partial charge in [-0.2, -0.15) is 10.1 Å². The van der Waals surface area contributed by atoms with Gasteiger partial charge in [0.1, 0.15) is 0 Å². The first-order chi connectivity index (χ1) is 8.88. The van der Waals surface area contributed by atoms with Crippen LogP contribution in [0.25, 0.3) is 22.3 Å². The first kappa shape index (κ1) is 10.6. The van der Waals surface area contributed by atoms with E-state index in [9.17, 15) is 0 Å². The second-order valence-corrected chi connectivity index (χ2v) is 3.80. The molecule has 6 heteroatoms. The predicted octanol–water partition coefficient (Wildman–Crippen LogP) is 1.85. The van der Waals surface area contributed by atoms with Gasteiger partial charge in [-0.25, -0.2) is 4.98 Å². The molecule has 3 heterocycles. The smallest absolute Gasteiger partial charge is 0.225 e. The van der Waals surface area contributed by atoms with E-state index in [1.165, 1.54) is 0 Å². The molecule has 0 aromatic carbocycles. The van der Waals surface area contributed by atoms with E-state index < -0.39 is 0 Å². The largest absolute Gasteiger partial charge is 0.354 e. The first-order valence-electron chi connectivity index (χ1n) is 5.74. The van der Waals surface area contributed by atoms with Gasteiger partial charge in [-0.05, 0) is 19.1 Å².